The van der Waals surface area contributed by atoms with Crippen LogP contribution in [0.4, 0.5) is 5.82 Å². The van der Waals surface area contributed by atoms with Crippen LogP contribution in [-0.2, 0) is 0 Å². The molecule has 0 atom stereocenters. The highest BCUT2D eigenvalue weighted by molar-refractivity contribution is 7.20. The Morgan fingerprint density at radius 2 is 2.00 bits per heavy atom. The topological polar surface area (TPSA) is 69.6 Å². The molecule has 0 spiro atoms. The van der Waals surface area contributed by atoms with Crippen LogP contribution in [0.1, 0.15) is 21.1 Å². The van der Waals surface area contributed by atoms with Gasteiger partial charge in [0.15, 0.2) is 0 Å². The van der Waals surface area contributed by atoms with E-state index in [-0.39, 0.29) is 0 Å². The number of nitrogens with zero attached hydrogens (tertiary/aromatic N) is 4. The normalized spacial score (nSPS) is 16.0. The van der Waals surface area contributed by atoms with Gasteiger partial charge >= 0.3 is 5.97 Å². The number of hydrogen-bond donors (Lipinski definition) is 1. The largest absolute Gasteiger partial charge is 0.477 e. The van der Waals surface area contributed by atoms with E-state index in [1.807, 2.05) is 19.9 Å². The molecule has 0 unspecified atom stereocenters. The van der Waals surface area contributed by atoms with Gasteiger partial charge in [0.1, 0.15) is 21.3 Å². The van der Waals surface area contributed by atoms with Crippen molar-refractivity contribution in [2.24, 2.45) is 0 Å². The minimum absolute atomic E-state index is 0.353. The number of aryl methyl sites for hydroxylation is 2. The lowest BCUT2D eigenvalue weighted by atomic mass is 10.2. The molecule has 0 aromatic carbocycles. The fourth-order valence-corrected chi connectivity index (χ4v) is 4.04. The number of rotatable bonds is 4. The second kappa shape index (κ2) is 6.25. The second-order valence-electron chi connectivity index (χ2n) is 5.71. The molecular formula is C16H20N4O2S. The van der Waals surface area contributed by atoms with Gasteiger partial charge in [0.25, 0.3) is 0 Å². The van der Waals surface area contributed by atoms with Gasteiger partial charge in [0.2, 0.25) is 0 Å². The third-order valence-corrected chi connectivity index (χ3v) is 5.31. The van der Waals surface area contributed by atoms with E-state index >= 15 is 0 Å². The van der Waals surface area contributed by atoms with Gasteiger partial charge in [0.05, 0.1) is 5.39 Å². The standard InChI is InChI=1S/C16H20N4O2S/c1-4-5-19-6-8-20(9-7-19)14-12-10(2)13(16(21)22)23-15(12)18-11(3)17-14/h4H,1,5-9H2,2-3H3,(H,21,22). The summed E-state index contributed by atoms with van der Waals surface area (Å²) in [5.74, 6) is 0.649. The quantitative estimate of drug-likeness (QED) is 0.867. The number of piperazine rings is 1. The Labute approximate surface area is 139 Å². The fourth-order valence-electron chi connectivity index (χ4n) is 2.98. The Morgan fingerprint density at radius 1 is 1.30 bits per heavy atom. The summed E-state index contributed by atoms with van der Waals surface area (Å²) < 4.78 is 0. The second-order valence-corrected chi connectivity index (χ2v) is 6.71. The summed E-state index contributed by atoms with van der Waals surface area (Å²) >= 11 is 1.23. The molecule has 0 radical (unpaired) electrons. The molecule has 1 aliphatic heterocycles. The number of aromatic carboxylic acids is 1. The zero-order chi connectivity index (χ0) is 16.6. The van der Waals surface area contributed by atoms with E-state index < -0.39 is 5.97 Å². The van der Waals surface area contributed by atoms with Crippen LogP contribution in [0.2, 0.25) is 0 Å². The lowest BCUT2D eigenvalue weighted by Gasteiger charge is -2.35. The van der Waals surface area contributed by atoms with Gasteiger partial charge in [-0.05, 0) is 19.4 Å². The third kappa shape index (κ3) is 2.94. The number of aromatic nitrogens is 2. The molecule has 7 heteroatoms. The molecule has 0 aliphatic carbocycles. The van der Waals surface area contributed by atoms with Crippen LogP contribution in [0.15, 0.2) is 12.7 Å². The predicted octanol–water partition coefficient (Wildman–Crippen LogP) is 2.31. The van der Waals surface area contributed by atoms with Gasteiger partial charge in [-0.25, -0.2) is 14.8 Å². The zero-order valence-corrected chi connectivity index (χ0v) is 14.2. The zero-order valence-electron chi connectivity index (χ0n) is 13.4. The first-order chi connectivity index (χ1) is 11.0. The van der Waals surface area contributed by atoms with Crippen molar-refractivity contribution >= 4 is 33.3 Å². The summed E-state index contributed by atoms with van der Waals surface area (Å²) in [4.78, 5) is 26.2. The van der Waals surface area contributed by atoms with Crippen molar-refractivity contribution in [2.45, 2.75) is 13.8 Å². The van der Waals surface area contributed by atoms with Crippen LogP contribution >= 0.6 is 11.3 Å². The minimum atomic E-state index is -0.898. The SMILES string of the molecule is C=CCN1CCN(c2nc(C)nc3sc(C(=O)O)c(C)c23)CC1. The van der Waals surface area contributed by atoms with Crippen LogP contribution in [0.3, 0.4) is 0 Å². The average Bonchev–Trinajstić information content (AvgIpc) is 2.85. The maximum Gasteiger partial charge on any atom is 0.346 e. The highest BCUT2D eigenvalue weighted by Crippen LogP contribution is 2.35. The first-order valence-corrected chi connectivity index (χ1v) is 8.42. The van der Waals surface area contributed by atoms with Gasteiger partial charge in [-0.1, -0.05) is 6.08 Å². The maximum atomic E-state index is 11.4. The smallest absolute Gasteiger partial charge is 0.346 e. The molecule has 3 rings (SSSR count). The van der Waals surface area contributed by atoms with E-state index in [0.717, 1.165) is 54.3 Å². The summed E-state index contributed by atoms with van der Waals surface area (Å²) in [7, 11) is 0. The summed E-state index contributed by atoms with van der Waals surface area (Å²) in [6.45, 7) is 12.0. The molecule has 1 fully saturated rings. The first-order valence-electron chi connectivity index (χ1n) is 7.60. The average molecular weight is 332 g/mol. The fraction of sp³-hybridized carbons (Fsp3) is 0.438. The number of carboxylic acids is 1. The Hall–Kier alpha value is -1.99. The number of fused-ring (bicyclic) bond motifs is 1. The molecular weight excluding hydrogens is 312 g/mol. The molecule has 0 amide bonds. The predicted molar refractivity (Wildman–Crippen MR) is 92.7 cm³/mol. The van der Waals surface area contributed by atoms with Crippen LogP contribution < -0.4 is 4.90 Å². The van der Waals surface area contributed by atoms with Crippen molar-refractivity contribution in [1.82, 2.24) is 14.9 Å². The van der Waals surface area contributed by atoms with E-state index in [9.17, 15) is 9.90 Å². The van der Waals surface area contributed by atoms with Crippen LogP contribution in [0.5, 0.6) is 0 Å². The molecule has 0 bridgehead atoms. The van der Waals surface area contributed by atoms with Gasteiger partial charge in [0, 0.05) is 32.7 Å². The summed E-state index contributed by atoms with van der Waals surface area (Å²) in [6, 6.07) is 0. The van der Waals surface area contributed by atoms with Crippen molar-refractivity contribution < 1.29 is 9.90 Å². The first kappa shape index (κ1) is 15.9. The molecule has 122 valence electrons. The molecule has 2 aromatic heterocycles. The molecule has 6 nitrogen and oxygen atoms in total. The maximum absolute atomic E-state index is 11.4. The molecule has 3 heterocycles. The van der Waals surface area contributed by atoms with Crippen molar-refractivity contribution in [3.8, 4) is 0 Å². The number of carbonyl (C=O) groups is 1. The van der Waals surface area contributed by atoms with Crippen LogP contribution in [0.25, 0.3) is 10.2 Å². The Bertz CT molecular complexity index is 763. The number of carboxylic acid groups (broad SMARTS) is 1. The van der Waals surface area contributed by atoms with E-state index in [1.165, 1.54) is 11.3 Å². The minimum Gasteiger partial charge on any atom is -0.477 e. The molecule has 1 saturated heterocycles. The molecule has 2 aromatic rings. The Balaban J connectivity index is 2.00. The molecule has 23 heavy (non-hydrogen) atoms. The molecule has 1 N–H and O–H groups in total. The van der Waals surface area contributed by atoms with E-state index in [2.05, 4.69) is 26.3 Å². The van der Waals surface area contributed by atoms with Gasteiger partial charge in [-0.2, -0.15) is 0 Å². The van der Waals surface area contributed by atoms with Crippen LogP contribution in [-0.4, -0.2) is 58.7 Å². The highest BCUT2D eigenvalue weighted by atomic mass is 32.1. The van der Waals surface area contributed by atoms with Crippen molar-refractivity contribution in [2.75, 3.05) is 37.6 Å². The van der Waals surface area contributed by atoms with E-state index in [1.54, 1.807) is 0 Å². The summed E-state index contributed by atoms with van der Waals surface area (Å²) in [5, 5.41) is 10.2. The number of anilines is 1. The summed E-state index contributed by atoms with van der Waals surface area (Å²) in [6.07, 6.45) is 1.92. The van der Waals surface area contributed by atoms with E-state index in [4.69, 9.17) is 0 Å². The van der Waals surface area contributed by atoms with Gasteiger partial charge in [-0.15, -0.1) is 17.9 Å². The highest BCUT2D eigenvalue weighted by Gasteiger charge is 2.24. The monoisotopic (exact) mass is 332 g/mol. The molecule has 0 saturated carbocycles. The van der Waals surface area contributed by atoms with E-state index in [0.29, 0.717) is 10.7 Å². The molecule has 1 aliphatic rings. The van der Waals surface area contributed by atoms with Crippen molar-refractivity contribution in [3.05, 3.63) is 28.9 Å². The Kier molecular flexibility index (Phi) is 4.32. The lowest BCUT2D eigenvalue weighted by molar-refractivity contribution is 0.0701. The van der Waals surface area contributed by atoms with Crippen molar-refractivity contribution in [1.29, 1.82) is 0 Å². The summed E-state index contributed by atoms with van der Waals surface area (Å²) in [5.41, 5.74) is 0.765. The van der Waals surface area contributed by atoms with Gasteiger partial charge in [-0.3, -0.25) is 4.90 Å². The Morgan fingerprint density at radius 3 is 2.61 bits per heavy atom. The van der Waals surface area contributed by atoms with Crippen molar-refractivity contribution in [3.63, 3.8) is 0 Å². The van der Waals surface area contributed by atoms with Crippen LogP contribution in [0, 0.1) is 13.8 Å². The third-order valence-electron chi connectivity index (χ3n) is 4.14. The number of thiophene rings is 1. The number of hydrogen-bond acceptors (Lipinski definition) is 6. The van der Waals surface area contributed by atoms with Gasteiger partial charge < -0.3 is 10.0 Å². The lowest BCUT2D eigenvalue weighted by Crippen LogP contribution is -2.46.